The van der Waals surface area contributed by atoms with Crippen LogP contribution in [0.1, 0.15) is 0 Å². The van der Waals surface area contributed by atoms with Crippen LogP contribution >= 0.6 is 11.3 Å². The molecular weight excluding hydrogens is 845 g/mol. The lowest BCUT2D eigenvalue weighted by Crippen LogP contribution is -2.11. The Bertz CT molecular complexity index is 4210. The Morgan fingerprint density at radius 2 is 1.00 bits per heavy atom. The molecule has 0 N–H and O–H groups in total. The fraction of sp³-hybridized carbons (Fsp3) is 0. The second-order valence-corrected chi connectivity index (χ2v) is 18.6. The molecule has 14 aromatic rings. The first-order valence-electron chi connectivity index (χ1n) is 23.2. The molecule has 318 valence electrons. The van der Waals surface area contributed by atoms with Crippen molar-refractivity contribution in [2.45, 2.75) is 0 Å². The number of thiophene rings is 1. The summed E-state index contributed by atoms with van der Waals surface area (Å²) >= 11 is 1.87. The van der Waals surface area contributed by atoms with Gasteiger partial charge in [-0.15, -0.1) is 11.3 Å². The van der Waals surface area contributed by atoms with Gasteiger partial charge in [-0.05, 0) is 99.8 Å². The molecule has 0 aliphatic heterocycles. The fourth-order valence-electron chi connectivity index (χ4n) is 10.7. The van der Waals surface area contributed by atoms with Crippen LogP contribution in [0.15, 0.2) is 247 Å². The van der Waals surface area contributed by atoms with Gasteiger partial charge in [-0.3, -0.25) is 0 Å². The van der Waals surface area contributed by atoms with E-state index in [9.17, 15) is 0 Å². The number of furan rings is 1. The predicted octanol–water partition coefficient (Wildman–Crippen LogP) is 18.7. The minimum absolute atomic E-state index is 0.893. The minimum Gasteiger partial charge on any atom is -0.455 e. The first-order valence-corrected chi connectivity index (χ1v) is 24.0. The molecular formula is C64H40N2OS. The van der Waals surface area contributed by atoms with Crippen molar-refractivity contribution >= 4 is 103 Å². The third kappa shape index (κ3) is 6.05. The highest BCUT2D eigenvalue weighted by molar-refractivity contribution is 7.26. The Labute approximate surface area is 396 Å². The van der Waals surface area contributed by atoms with Crippen LogP contribution < -0.4 is 4.90 Å². The number of hydrogen-bond donors (Lipinski definition) is 0. The van der Waals surface area contributed by atoms with Gasteiger partial charge in [-0.25, -0.2) is 0 Å². The van der Waals surface area contributed by atoms with Gasteiger partial charge in [0.2, 0.25) is 0 Å². The monoisotopic (exact) mass is 884 g/mol. The molecule has 4 heteroatoms. The average Bonchev–Trinajstić information content (AvgIpc) is 4.09. The van der Waals surface area contributed by atoms with Gasteiger partial charge in [-0.2, -0.15) is 0 Å². The summed E-state index contributed by atoms with van der Waals surface area (Å²) in [5.41, 5.74) is 15.4. The summed E-state index contributed by atoms with van der Waals surface area (Å²) in [5.74, 6) is 0. The summed E-state index contributed by atoms with van der Waals surface area (Å²) in [4.78, 5) is 2.45. The molecule has 0 aliphatic rings. The Morgan fingerprint density at radius 3 is 1.81 bits per heavy atom. The molecule has 11 aromatic carbocycles. The summed E-state index contributed by atoms with van der Waals surface area (Å²) < 4.78 is 11.5. The highest BCUT2D eigenvalue weighted by Crippen LogP contribution is 2.50. The molecule has 0 unspecified atom stereocenters. The molecule has 0 saturated carbocycles. The lowest BCUT2D eigenvalue weighted by atomic mass is 9.96. The van der Waals surface area contributed by atoms with Crippen molar-refractivity contribution in [3.05, 3.63) is 243 Å². The van der Waals surface area contributed by atoms with Crippen molar-refractivity contribution in [3.63, 3.8) is 0 Å². The van der Waals surface area contributed by atoms with Crippen LogP contribution in [0, 0.1) is 0 Å². The van der Waals surface area contributed by atoms with Gasteiger partial charge in [0.15, 0.2) is 0 Å². The largest absolute Gasteiger partial charge is 0.455 e. The first-order chi connectivity index (χ1) is 33.7. The molecule has 0 bridgehead atoms. The summed E-state index contributed by atoms with van der Waals surface area (Å²) in [6, 6.07) is 88.3. The number of benzene rings is 11. The van der Waals surface area contributed by atoms with E-state index in [1.165, 1.54) is 69.4 Å². The maximum atomic E-state index is 6.62. The normalized spacial score (nSPS) is 11.8. The third-order valence-electron chi connectivity index (χ3n) is 13.8. The van der Waals surface area contributed by atoms with Crippen molar-refractivity contribution in [1.82, 2.24) is 4.57 Å². The molecule has 3 heterocycles. The number of para-hydroxylation sites is 4. The van der Waals surface area contributed by atoms with E-state index in [4.69, 9.17) is 4.42 Å². The van der Waals surface area contributed by atoms with Gasteiger partial charge in [0.25, 0.3) is 0 Å². The molecule has 0 amide bonds. The molecule has 68 heavy (non-hydrogen) atoms. The zero-order valence-electron chi connectivity index (χ0n) is 36.8. The topological polar surface area (TPSA) is 21.3 Å². The van der Waals surface area contributed by atoms with E-state index in [1.54, 1.807) is 0 Å². The fourth-order valence-corrected chi connectivity index (χ4v) is 12.0. The number of nitrogens with zero attached hydrogens (tertiary/aromatic N) is 2. The van der Waals surface area contributed by atoms with Crippen molar-refractivity contribution < 1.29 is 4.42 Å². The summed E-state index contributed by atoms with van der Waals surface area (Å²) in [6.07, 6.45) is 0. The molecule has 0 atom stereocenters. The standard InChI is InChI=1S/C64H40N2OS/c1-2-18-48-41(14-1)15-12-23-49(48)42-30-34-45(35-31-42)65(47-17-11-16-44(40-47)50-24-13-25-55-53-21-5-9-28-60(53)67-63(50)55)59-39-38-56-54-22-6-10-29-61(54)68-64(56)62(59)43-32-36-46(37-33-43)66-57-26-7-3-19-51(57)52-20-4-8-27-58(52)66/h1-40H. The Hall–Kier alpha value is -8.70. The lowest BCUT2D eigenvalue weighted by Gasteiger charge is -2.29. The Balaban J connectivity index is 0.992. The van der Waals surface area contributed by atoms with E-state index in [0.29, 0.717) is 0 Å². The van der Waals surface area contributed by atoms with Gasteiger partial charge < -0.3 is 13.9 Å². The zero-order chi connectivity index (χ0) is 44.7. The van der Waals surface area contributed by atoms with Gasteiger partial charge in [0, 0.05) is 69.9 Å². The number of fused-ring (bicyclic) bond motifs is 10. The van der Waals surface area contributed by atoms with E-state index in [-0.39, 0.29) is 0 Å². The lowest BCUT2D eigenvalue weighted by molar-refractivity contribution is 0.670. The van der Waals surface area contributed by atoms with Gasteiger partial charge in [0.05, 0.1) is 16.7 Å². The SMILES string of the molecule is c1cc(-c2cccc3c2oc2ccccc23)cc(N(c2ccc(-c3cccc4ccccc34)cc2)c2ccc3c(sc4ccccc43)c2-c2ccc(-n3c4ccccc4c4ccccc43)cc2)c1. The Morgan fingerprint density at radius 1 is 0.382 bits per heavy atom. The molecule has 3 nitrogen and oxygen atoms in total. The van der Waals surface area contributed by atoms with Gasteiger partial charge in [-0.1, -0.05) is 176 Å². The average molecular weight is 885 g/mol. The second kappa shape index (κ2) is 15.5. The highest BCUT2D eigenvalue weighted by atomic mass is 32.1. The highest BCUT2D eigenvalue weighted by Gasteiger charge is 2.23. The molecule has 14 rings (SSSR count). The molecule has 0 fully saturated rings. The Kier molecular flexibility index (Phi) is 8.76. The summed E-state index contributed by atoms with van der Waals surface area (Å²) in [6.45, 7) is 0. The van der Waals surface area contributed by atoms with Crippen LogP contribution in [0.5, 0.6) is 0 Å². The molecule has 0 spiro atoms. The third-order valence-corrected chi connectivity index (χ3v) is 15.0. The number of rotatable bonds is 7. The van der Waals surface area contributed by atoms with Crippen LogP contribution in [0.4, 0.5) is 17.1 Å². The second-order valence-electron chi connectivity index (χ2n) is 17.6. The predicted molar refractivity (Wildman–Crippen MR) is 289 cm³/mol. The van der Waals surface area contributed by atoms with Gasteiger partial charge in [0.1, 0.15) is 11.2 Å². The summed E-state index contributed by atoms with van der Waals surface area (Å²) in [5, 5.41) is 9.76. The van der Waals surface area contributed by atoms with E-state index < -0.39 is 0 Å². The van der Waals surface area contributed by atoms with Crippen molar-refractivity contribution in [2.75, 3.05) is 4.90 Å². The van der Waals surface area contributed by atoms with Crippen LogP contribution in [-0.2, 0) is 0 Å². The van der Waals surface area contributed by atoms with Gasteiger partial charge >= 0.3 is 0 Å². The molecule has 3 aromatic heterocycles. The summed E-state index contributed by atoms with van der Waals surface area (Å²) in [7, 11) is 0. The zero-order valence-corrected chi connectivity index (χ0v) is 37.6. The smallest absolute Gasteiger partial charge is 0.143 e. The molecule has 0 radical (unpaired) electrons. The number of hydrogen-bond acceptors (Lipinski definition) is 3. The van der Waals surface area contributed by atoms with E-state index in [1.807, 2.05) is 17.4 Å². The van der Waals surface area contributed by atoms with Crippen LogP contribution in [-0.4, -0.2) is 4.57 Å². The van der Waals surface area contributed by atoms with E-state index in [2.05, 4.69) is 246 Å². The van der Waals surface area contributed by atoms with Crippen molar-refractivity contribution in [3.8, 4) is 39.1 Å². The van der Waals surface area contributed by atoms with Crippen molar-refractivity contribution in [2.24, 2.45) is 0 Å². The van der Waals surface area contributed by atoms with Crippen LogP contribution in [0.3, 0.4) is 0 Å². The number of anilines is 3. The molecule has 0 aliphatic carbocycles. The minimum atomic E-state index is 0.893. The van der Waals surface area contributed by atoms with E-state index in [0.717, 1.165) is 61.4 Å². The maximum Gasteiger partial charge on any atom is 0.143 e. The van der Waals surface area contributed by atoms with Crippen LogP contribution in [0.2, 0.25) is 0 Å². The van der Waals surface area contributed by atoms with Crippen molar-refractivity contribution in [1.29, 1.82) is 0 Å². The van der Waals surface area contributed by atoms with E-state index >= 15 is 0 Å². The maximum absolute atomic E-state index is 6.62. The van der Waals surface area contributed by atoms with Crippen LogP contribution in [0.25, 0.3) is 114 Å². The number of aromatic nitrogens is 1. The molecule has 0 saturated heterocycles. The quantitative estimate of drug-likeness (QED) is 0.159. The first kappa shape index (κ1) is 38.6.